The Morgan fingerprint density at radius 3 is 2.31 bits per heavy atom. The zero-order chi connectivity index (χ0) is 29.1. The van der Waals surface area contributed by atoms with Crippen molar-refractivity contribution in [3.63, 3.8) is 0 Å². The van der Waals surface area contributed by atoms with Crippen LogP contribution in [0.4, 0.5) is 11.4 Å². The number of nitrogens with one attached hydrogen (secondary N) is 2. The Morgan fingerprint density at radius 1 is 0.833 bits per heavy atom. The van der Waals surface area contributed by atoms with Crippen molar-refractivity contribution in [3.05, 3.63) is 124 Å². The van der Waals surface area contributed by atoms with E-state index in [0.717, 1.165) is 51.5 Å². The summed E-state index contributed by atoms with van der Waals surface area (Å²) in [6.45, 7) is 2.82. The molecule has 0 bridgehead atoms. The van der Waals surface area contributed by atoms with Crippen molar-refractivity contribution < 1.29 is 19.0 Å². The van der Waals surface area contributed by atoms with Gasteiger partial charge in [0, 0.05) is 22.7 Å². The minimum Gasteiger partial charge on any atom is -0.497 e. The van der Waals surface area contributed by atoms with Gasteiger partial charge in [-0.1, -0.05) is 54.1 Å². The van der Waals surface area contributed by atoms with Crippen LogP contribution >= 0.6 is 11.6 Å². The molecule has 0 aromatic heterocycles. The highest BCUT2D eigenvalue weighted by atomic mass is 35.5. The average Bonchev–Trinajstić information content (AvgIpc) is 3.18. The molecule has 42 heavy (non-hydrogen) atoms. The standard InChI is InChI=1S/C35H33ClN2O4/c1-3-41-33-20-24(12-17-32(33)42-21-22-8-13-26(36)14-9-22)35-34-30(37-28-6-4-5-7-29(28)38-35)18-25(19-31(34)39)23-10-15-27(40-2)16-11-23/h4-17,20,25,35,37-38H,3,18-19,21H2,1-2H3/t25-,35+/m1/s1. The molecule has 0 spiro atoms. The highest BCUT2D eigenvalue weighted by molar-refractivity contribution is 6.30. The summed E-state index contributed by atoms with van der Waals surface area (Å²) >= 11 is 6.04. The van der Waals surface area contributed by atoms with Gasteiger partial charge in [0.25, 0.3) is 0 Å². The van der Waals surface area contributed by atoms with E-state index in [2.05, 4.69) is 22.8 Å². The molecule has 1 aliphatic carbocycles. The molecule has 0 unspecified atom stereocenters. The smallest absolute Gasteiger partial charge is 0.163 e. The van der Waals surface area contributed by atoms with Crippen molar-refractivity contribution in [1.82, 2.24) is 0 Å². The number of rotatable bonds is 8. The van der Waals surface area contributed by atoms with E-state index >= 15 is 0 Å². The number of benzene rings is 4. The second-order valence-electron chi connectivity index (χ2n) is 10.5. The number of halogens is 1. The number of methoxy groups -OCH3 is 1. The molecule has 0 fully saturated rings. The lowest BCUT2D eigenvalue weighted by Crippen LogP contribution is -2.27. The summed E-state index contributed by atoms with van der Waals surface area (Å²) < 4.78 is 17.5. The number of ketones is 1. The number of fused-ring (bicyclic) bond motifs is 1. The Kier molecular flexibility index (Phi) is 8.06. The van der Waals surface area contributed by atoms with E-state index in [9.17, 15) is 4.79 Å². The maximum absolute atomic E-state index is 14.0. The number of hydrogen-bond donors (Lipinski definition) is 2. The van der Waals surface area contributed by atoms with E-state index in [1.54, 1.807) is 7.11 Å². The van der Waals surface area contributed by atoms with Crippen LogP contribution in [0.3, 0.4) is 0 Å². The number of Topliss-reactive ketones (excluding diaryl/α,β-unsaturated/α-hetero) is 1. The molecule has 0 saturated heterocycles. The molecule has 214 valence electrons. The van der Waals surface area contributed by atoms with E-state index in [0.29, 0.717) is 36.2 Å². The van der Waals surface area contributed by atoms with E-state index in [-0.39, 0.29) is 17.7 Å². The molecule has 7 heteroatoms. The van der Waals surface area contributed by atoms with E-state index in [4.69, 9.17) is 25.8 Å². The first-order valence-corrected chi connectivity index (χ1v) is 14.6. The summed E-state index contributed by atoms with van der Waals surface area (Å²) in [6, 6.07) is 29.2. The van der Waals surface area contributed by atoms with Gasteiger partial charge >= 0.3 is 0 Å². The van der Waals surface area contributed by atoms with Gasteiger partial charge in [0.15, 0.2) is 17.3 Å². The van der Waals surface area contributed by atoms with Crippen molar-refractivity contribution >= 4 is 28.8 Å². The Balaban J connectivity index is 1.35. The van der Waals surface area contributed by atoms with Gasteiger partial charge in [0.1, 0.15) is 12.4 Å². The van der Waals surface area contributed by atoms with Crippen LogP contribution in [0.25, 0.3) is 0 Å². The van der Waals surface area contributed by atoms with Gasteiger partial charge in [-0.25, -0.2) is 0 Å². The first-order valence-electron chi connectivity index (χ1n) is 14.2. The van der Waals surface area contributed by atoms with Gasteiger partial charge in [0.2, 0.25) is 0 Å². The van der Waals surface area contributed by atoms with Gasteiger partial charge in [-0.2, -0.15) is 0 Å². The zero-order valence-electron chi connectivity index (χ0n) is 23.7. The monoisotopic (exact) mass is 580 g/mol. The summed E-state index contributed by atoms with van der Waals surface area (Å²) in [4.78, 5) is 14.0. The summed E-state index contributed by atoms with van der Waals surface area (Å²) in [5.41, 5.74) is 6.65. The molecule has 2 aliphatic rings. The van der Waals surface area contributed by atoms with Gasteiger partial charge in [-0.05, 0) is 84.5 Å². The van der Waals surface area contributed by atoms with E-state index < -0.39 is 0 Å². The lowest BCUT2D eigenvalue weighted by atomic mass is 9.78. The predicted octanol–water partition coefficient (Wildman–Crippen LogP) is 8.31. The Bertz CT molecular complexity index is 1620. The molecular weight excluding hydrogens is 548 g/mol. The Labute approximate surface area is 251 Å². The van der Waals surface area contributed by atoms with Crippen molar-refractivity contribution in [2.75, 3.05) is 24.4 Å². The van der Waals surface area contributed by atoms with Gasteiger partial charge < -0.3 is 24.8 Å². The molecule has 0 radical (unpaired) electrons. The normalized spacial score (nSPS) is 17.7. The number of ether oxygens (including phenoxy) is 3. The third-order valence-electron chi connectivity index (χ3n) is 7.80. The molecular formula is C35H33ClN2O4. The third kappa shape index (κ3) is 5.81. The van der Waals surface area contributed by atoms with Crippen molar-refractivity contribution in [2.24, 2.45) is 0 Å². The summed E-state index contributed by atoms with van der Waals surface area (Å²) in [5.74, 6) is 2.28. The fraction of sp³-hybridized carbons (Fsp3) is 0.229. The highest BCUT2D eigenvalue weighted by Crippen LogP contribution is 2.45. The molecule has 6 rings (SSSR count). The number of carbonyl (C=O) groups excluding carboxylic acids is 1. The van der Waals surface area contributed by atoms with Crippen LogP contribution in [0, 0.1) is 0 Å². The molecule has 6 nitrogen and oxygen atoms in total. The lowest BCUT2D eigenvalue weighted by molar-refractivity contribution is -0.116. The van der Waals surface area contributed by atoms with Crippen LogP contribution in [0.1, 0.15) is 48.4 Å². The van der Waals surface area contributed by atoms with Crippen molar-refractivity contribution in [2.45, 2.75) is 38.3 Å². The third-order valence-corrected chi connectivity index (χ3v) is 8.06. The van der Waals surface area contributed by atoms with Crippen LogP contribution in [-0.4, -0.2) is 19.5 Å². The van der Waals surface area contributed by atoms with Crippen molar-refractivity contribution in [1.29, 1.82) is 0 Å². The fourth-order valence-electron chi connectivity index (χ4n) is 5.69. The minimum atomic E-state index is -0.356. The molecule has 4 aromatic rings. The largest absolute Gasteiger partial charge is 0.497 e. The van der Waals surface area contributed by atoms with E-state index in [1.165, 1.54) is 0 Å². The van der Waals surface area contributed by atoms with Crippen molar-refractivity contribution in [3.8, 4) is 17.2 Å². The number of carbonyl (C=O) groups is 1. The van der Waals surface area contributed by atoms with Crippen LogP contribution in [0.2, 0.25) is 5.02 Å². The average molecular weight is 581 g/mol. The Hall–Kier alpha value is -4.42. The lowest BCUT2D eigenvalue weighted by Gasteiger charge is -2.30. The maximum atomic E-state index is 14.0. The fourth-order valence-corrected chi connectivity index (χ4v) is 5.81. The second kappa shape index (κ2) is 12.2. The SMILES string of the molecule is CCOc1cc([C@@H]2Nc3ccccc3NC3=C2C(=O)C[C@H](c2ccc(OC)cc2)C3)ccc1OCc1ccc(Cl)cc1. The molecule has 1 aliphatic heterocycles. The topological polar surface area (TPSA) is 68.8 Å². The number of hydrogen-bond acceptors (Lipinski definition) is 6. The summed E-state index contributed by atoms with van der Waals surface area (Å²) in [7, 11) is 1.66. The maximum Gasteiger partial charge on any atom is 0.163 e. The second-order valence-corrected chi connectivity index (χ2v) is 10.9. The summed E-state index contributed by atoms with van der Waals surface area (Å²) in [6.07, 6.45) is 1.16. The highest BCUT2D eigenvalue weighted by Gasteiger charge is 2.36. The van der Waals surface area contributed by atoms with Crippen LogP contribution in [0.5, 0.6) is 17.2 Å². The van der Waals surface area contributed by atoms with E-state index in [1.807, 2.05) is 85.8 Å². The first-order chi connectivity index (χ1) is 20.5. The molecule has 2 N–H and O–H groups in total. The molecule has 0 amide bonds. The molecule has 1 heterocycles. The first kappa shape index (κ1) is 27.7. The quantitative estimate of drug-likeness (QED) is 0.218. The molecule has 2 atom stereocenters. The summed E-state index contributed by atoms with van der Waals surface area (Å²) in [5, 5.41) is 7.96. The number of allylic oxidation sites excluding steroid dienone is 1. The van der Waals surface area contributed by atoms with Crippen LogP contribution < -0.4 is 24.8 Å². The van der Waals surface area contributed by atoms with Gasteiger partial charge in [-0.15, -0.1) is 0 Å². The minimum absolute atomic E-state index is 0.0724. The predicted molar refractivity (Wildman–Crippen MR) is 167 cm³/mol. The van der Waals surface area contributed by atoms with Gasteiger partial charge in [-0.3, -0.25) is 4.79 Å². The Morgan fingerprint density at radius 2 is 1.57 bits per heavy atom. The van der Waals surface area contributed by atoms with Crippen LogP contribution in [-0.2, 0) is 11.4 Å². The van der Waals surface area contributed by atoms with Crippen LogP contribution in [0.15, 0.2) is 102 Å². The molecule has 0 saturated carbocycles. The van der Waals surface area contributed by atoms with Gasteiger partial charge in [0.05, 0.1) is 31.1 Å². The molecule has 4 aromatic carbocycles. The number of anilines is 2. The number of para-hydroxylation sites is 2. The zero-order valence-corrected chi connectivity index (χ0v) is 24.4.